The molecule has 0 spiro atoms. The standard InChI is InChI=1S/C26H30/c1-2-10-19(9-1)23-17-25(21-13-5-6-14-21)26(22-15-7-8-16-22)18-24(23)20-11-3-4-12-20/h1-8,17-22H,9-16H2. The summed E-state index contributed by atoms with van der Waals surface area (Å²) in [6.07, 6.45) is 29.1. The molecule has 26 heavy (non-hydrogen) atoms. The highest BCUT2D eigenvalue weighted by Gasteiger charge is 2.29. The van der Waals surface area contributed by atoms with Crippen LogP contribution in [0.1, 0.15) is 97.3 Å². The Morgan fingerprint density at radius 2 is 0.538 bits per heavy atom. The molecule has 0 heterocycles. The van der Waals surface area contributed by atoms with Crippen molar-refractivity contribution in [2.24, 2.45) is 0 Å². The van der Waals surface area contributed by atoms with Gasteiger partial charge < -0.3 is 0 Å². The zero-order valence-corrected chi connectivity index (χ0v) is 15.7. The zero-order valence-electron chi connectivity index (χ0n) is 15.7. The molecule has 0 unspecified atom stereocenters. The van der Waals surface area contributed by atoms with E-state index in [9.17, 15) is 0 Å². The van der Waals surface area contributed by atoms with Crippen molar-refractivity contribution in [3.8, 4) is 0 Å². The van der Waals surface area contributed by atoms with Gasteiger partial charge in [0.2, 0.25) is 0 Å². The summed E-state index contributed by atoms with van der Waals surface area (Å²) in [5.41, 5.74) is 6.72. The number of rotatable bonds is 4. The number of benzene rings is 1. The normalized spacial score (nSPS) is 24.0. The summed E-state index contributed by atoms with van der Waals surface area (Å²) in [4.78, 5) is 0. The first-order valence-electron chi connectivity index (χ1n) is 10.7. The SMILES string of the molecule is C1=CCC(c2cc(C3CC=CC3)c(C3CC=CC3)cc2C2CC=CC2)C1. The number of allylic oxidation sites excluding steroid dienone is 8. The first-order chi connectivity index (χ1) is 12.9. The Bertz CT molecular complexity index is 626. The monoisotopic (exact) mass is 342 g/mol. The summed E-state index contributed by atoms with van der Waals surface area (Å²) in [6.45, 7) is 0. The van der Waals surface area contributed by atoms with Crippen molar-refractivity contribution in [2.45, 2.75) is 75.0 Å². The van der Waals surface area contributed by atoms with Crippen molar-refractivity contribution in [1.29, 1.82) is 0 Å². The Morgan fingerprint density at radius 1 is 0.346 bits per heavy atom. The van der Waals surface area contributed by atoms with Crippen LogP contribution in [0.2, 0.25) is 0 Å². The van der Waals surface area contributed by atoms with Crippen LogP contribution in [0, 0.1) is 0 Å². The van der Waals surface area contributed by atoms with Crippen molar-refractivity contribution in [3.05, 3.63) is 83.0 Å². The Labute approximate surface area is 158 Å². The molecule has 0 saturated heterocycles. The molecule has 0 aliphatic heterocycles. The van der Waals surface area contributed by atoms with E-state index in [2.05, 4.69) is 60.7 Å². The third kappa shape index (κ3) is 2.94. The smallest absolute Gasteiger partial charge is 0.00899 e. The highest BCUT2D eigenvalue weighted by molar-refractivity contribution is 5.48. The van der Waals surface area contributed by atoms with Crippen LogP contribution in [-0.2, 0) is 0 Å². The van der Waals surface area contributed by atoms with Crippen LogP contribution in [0.4, 0.5) is 0 Å². The van der Waals surface area contributed by atoms with Gasteiger partial charge in [-0.25, -0.2) is 0 Å². The summed E-state index contributed by atoms with van der Waals surface area (Å²) >= 11 is 0. The summed E-state index contributed by atoms with van der Waals surface area (Å²) in [6, 6.07) is 5.35. The largest absolute Gasteiger partial charge is 0.0879 e. The maximum atomic E-state index is 2.68. The van der Waals surface area contributed by atoms with Crippen molar-refractivity contribution in [2.75, 3.05) is 0 Å². The van der Waals surface area contributed by atoms with Crippen LogP contribution in [-0.4, -0.2) is 0 Å². The van der Waals surface area contributed by atoms with Gasteiger partial charge in [-0.3, -0.25) is 0 Å². The third-order valence-electron chi connectivity index (χ3n) is 7.08. The predicted octanol–water partition coefficient (Wildman–Crippen LogP) is 7.42. The lowest BCUT2D eigenvalue weighted by Crippen LogP contribution is -2.11. The van der Waals surface area contributed by atoms with Gasteiger partial charge in [0.25, 0.3) is 0 Å². The lowest BCUT2D eigenvalue weighted by Gasteiger charge is -2.28. The molecule has 0 atom stereocenters. The van der Waals surface area contributed by atoms with E-state index in [4.69, 9.17) is 0 Å². The Kier molecular flexibility index (Phi) is 4.44. The van der Waals surface area contributed by atoms with Gasteiger partial charge in [0.1, 0.15) is 0 Å². The minimum absolute atomic E-state index is 0.717. The third-order valence-corrected chi connectivity index (χ3v) is 7.08. The molecule has 0 amide bonds. The van der Waals surface area contributed by atoms with Gasteiger partial charge in [0, 0.05) is 0 Å². The zero-order chi connectivity index (χ0) is 17.3. The molecule has 0 N–H and O–H groups in total. The van der Waals surface area contributed by atoms with E-state index in [1.54, 1.807) is 22.3 Å². The van der Waals surface area contributed by atoms with E-state index in [0.29, 0.717) is 0 Å². The van der Waals surface area contributed by atoms with Crippen molar-refractivity contribution in [3.63, 3.8) is 0 Å². The Balaban J connectivity index is 1.61. The van der Waals surface area contributed by atoms with Crippen molar-refractivity contribution < 1.29 is 0 Å². The molecule has 5 rings (SSSR count). The minimum atomic E-state index is 0.717. The van der Waals surface area contributed by atoms with E-state index in [-0.39, 0.29) is 0 Å². The van der Waals surface area contributed by atoms with E-state index in [1.807, 2.05) is 0 Å². The van der Waals surface area contributed by atoms with Gasteiger partial charge in [-0.1, -0.05) is 60.7 Å². The highest BCUT2D eigenvalue weighted by atomic mass is 14.3. The molecule has 4 aliphatic rings. The molecule has 0 saturated carbocycles. The molecule has 1 aromatic rings. The minimum Gasteiger partial charge on any atom is -0.0879 e. The van der Waals surface area contributed by atoms with Gasteiger partial charge in [-0.05, 0) is 97.3 Å². The van der Waals surface area contributed by atoms with E-state index in [1.165, 1.54) is 51.4 Å². The topological polar surface area (TPSA) is 0 Å². The second-order valence-electron chi connectivity index (χ2n) is 8.67. The highest BCUT2D eigenvalue weighted by Crippen LogP contribution is 2.46. The average Bonchev–Trinajstić information content (AvgIpc) is 3.49. The van der Waals surface area contributed by atoms with Crippen LogP contribution >= 0.6 is 0 Å². The van der Waals surface area contributed by atoms with E-state index >= 15 is 0 Å². The van der Waals surface area contributed by atoms with Gasteiger partial charge in [0.05, 0.1) is 0 Å². The van der Waals surface area contributed by atoms with E-state index in [0.717, 1.165) is 23.7 Å². The molecule has 0 bridgehead atoms. The molecule has 1 aromatic carbocycles. The summed E-state index contributed by atoms with van der Waals surface area (Å²) in [7, 11) is 0. The van der Waals surface area contributed by atoms with E-state index < -0.39 is 0 Å². The fourth-order valence-electron chi connectivity index (χ4n) is 5.57. The van der Waals surface area contributed by atoms with Crippen LogP contribution < -0.4 is 0 Å². The summed E-state index contributed by atoms with van der Waals surface area (Å²) in [5, 5.41) is 0. The van der Waals surface area contributed by atoms with Crippen LogP contribution in [0.15, 0.2) is 60.7 Å². The first-order valence-corrected chi connectivity index (χ1v) is 10.7. The lowest BCUT2D eigenvalue weighted by atomic mass is 9.77. The van der Waals surface area contributed by atoms with Crippen molar-refractivity contribution in [1.82, 2.24) is 0 Å². The molecule has 0 radical (unpaired) electrons. The fourth-order valence-corrected chi connectivity index (χ4v) is 5.57. The Morgan fingerprint density at radius 3 is 0.731 bits per heavy atom. The van der Waals surface area contributed by atoms with Gasteiger partial charge in [-0.2, -0.15) is 0 Å². The fraction of sp³-hybridized carbons (Fsp3) is 0.462. The molecule has 0 heteroatoms. The Hall–Kier alpha value is -1.82. The predicted molar refractivity (Wildman–Crippen MR) is 111 cm³/mol. The van der Waals surface area contributed by atoms with Crippen molar-refractivity contribution >= 4 is 0 Å². The number of hydrogen-bond acceptors (Lipinski definition) is 0. The second kappa shape index (κ2) is 7.06. The number of hydrogen-bond donors (Lipinski definition) is 0. The summed E-state index contributed by atoms with van der Waals surface area (Å²) < 4.78 is 0. The van der Waals surface area contributed by atoms with Gasteiger partial charge in [0.15, 0.2) is 0 Å². The first kappa shape index (κ1) is 16.4. The molecule has 4 aliphatic carbocycles. The quantitative estimate of drug-likeness (QED) is 0.499. The van der Waals surface area contributed by atoms with Crippen LogP contribution in [0.25, 0.3) is 0 Å². The maximum Gasteiger partial charge on any atom is -0.00899 e. The average molecular weight is 343 g/mol. The summed E-state index contributed by atoms with van der Waals surface area (Å²) in [5.74, 6) is 2.87. The maximum absolute atomic E-state index is 2.68. The van der Waals surface area contributed by atoms with Crippen LogP contribution in [0.3, 0.4) is 0 Å². The van der Waals surface area contributed by atoms with Crippen LogP contribution in [0.5, 0.6) is 0 Å². The van der Waals surface area contributed by atoms with Gasteiger partial charge >= 0.3 is 0 Å². The molecule has 134 valence electrons. The molecule has 0 fully saturated rings. The van der Waals surface area contributed by atoms with Gasteiger partial charge in [-0.15, -0.1) is 0 Å². The molecular weight excluding hydrogens is 312 g/mol. The molecule has 0 aromatic heterocycles. The molecule has 0 nitrogen and oxygen atoms in total. The second-order valence-corrected chi connectivity index (χ2v) is 8.67. The lowest BCUT2D eigenvalue weighted by molar-refractivity contribution is 0.657. The molecular formula is C26H30.